The number of hydrogen-bond acceptors (Lipinski definition) is 4. The van der Waals surface area contributed by atoms with E-state index in [0.717, 1.165) is 16.9 Å². The molecule has 6 heteroatoms. The molecule has 29 heavy (non-hydrogen) atoms. The number of hydrogen-bond donors (Lipinski definition) is 0. The molecule has 1 heterocycles. The molecule has 0 saturated heterocycles. The highest BCUT2D eigenvalue weighted by atomic mass is 35.5. The van der Waals surface area contributed by atoms with Gasteiger partial charge in [0, 0.05) is 11.2 Å². The first-order valence-electron chi connectivity index (χ1n) is 9.26. The first-order valence-corrected chi connectivity index (χ1v) is 9.64. The maximum Gasteiger partial charge on any atom is 0.269 e. The van der Waals surface area contributed by atoms with Gasteiger partial charge in [0.2, 0.25) is 0 Å². The fraction of sp³-hybridized carbons (Fsp3) is 0.217. The normalized spacial score (nSPS) is 11.6. The summed E-state index contributed by atoms with van der Waals surface area (Å²) in [6.07, 6.45) is 0.966. The van der Waals surface area contributed by atoms with Crippen LogP contribution in [-0.4, -0.2) is 24.1 Å². The van der Waals surface area contributed by atoms with Crippen LogP contribution in [0.3, 0.4) is 0 Å². The summed E-state index contributed by atoms with van der Waals surface area (Å²) in [7, 11) is 1.62. The fourth-order valence-electron chi connectivity index (χ4n) is 2.86. The minimum absolute atomic E-state index is 0.188. The molecule has 2 aromatic carbocycles. The van der Waals surface area contributed by atoms with E-state index in [1.807, 2.05) is 49.4 Å². The van der Waals surface area contributed by atoms with Crippen molar-refractivity contribution in [3.05, 3.63) is 83.0 Å². The third kappa shape index (κ3) is 5.27. The average Bonchev–Trinajstić information content (AvgIpc) is 2.75. The number of carbonyl (C=O) groups is 1. The Kier molecular flexibility index (Phi) is 6.73. The number of aromatic nitrogens is 1. The highest BCUT2D eigenvalue weighted by molar-refractivity contribution is 6.31. The van der Waals surface area contributed by atoms with Crippen LogP contribution >= 0.6 is 11.6 Å². The molecule has 0 fully saturated rings. The van der Waals surface area contributed by atoms with Gasteiger partial charge in [0.15, 0.2) is 6.10 Å². The molecule has 1 atom stereocenters. The van der Waals surface area contributed by atoms with E-state index in [4.69, 9.17) is 21.1 Å². The first-order chi connectivity index (χ1) is 14.0. The van der Waals surface area contributed by atoms with Gasteiger partial charge in [0.25, 0.3) is 5.91 Å². The number of methoxy groups -OCH3 is 1. The van der Waals surface area contributed by atoms with Gasteiger partial charge in [-0.1, -0.05) is 29.8 Å². The molecule has 1 aromatic heterocycles. The molecule has 1 amide bonds. The van der Waals surface area contributed by atoms with Crippen molar-refractivity contribution in [2.24, 2.45) is 0 Å². The number of rotatable bonds is 7. The minimum atomic E-state index is -0.698. The van der Waals surface area contributed by atoms with E-state index in [9.17, 15) is 4.79 Å². The third-order valence-corrected chi connectivity index (χ3v) is 4.91. The average molecular weight is 411 g/mol. The molecule has 0 aliphatic heterocycles. The van der Waals surface area contributed by atoms with Crippen molar-refractivity contribution < 1.29 is 14.3 Å². The summed E-state index contributed by atoms with van der Waals surface area (Å²) < 4.78 is 11.1. The lowest BCUT2D eigenvalue weighted by molar-refractivity contribution is -0.124. The molecular weight excluding hydrogens is 388 g/mol. The first kappa shape index (κ1) is 20.7. The van der Waals surface area contributed by atoms with Crippen molar-refractivity contribution in [1.82, 2.24) is 4.98 Å². The molecule has 3 rings (SSSR count). The summed E-state index contributed by atoms with van der Waals surface area (Å²) in [6.45, 7) is 4.00. The van der Waals surface area contributed by atoms with Crippen LogP contribution in [0.25, 0.3) is 0 Å². The second kappa shape index (κ2) is 9.43. The molecule has 0 unspecified atom stereocenters. The molecule has 0 aliphatic carbocycles. The fourth-order valence-corrected chi connectivity index (χ4v) is 2.98. The van der Waals surface area contributed by atoms with Crippen LogP contribution in [0.2, 0.25) is 5.02 Å². The van der Waals surface area contributed by atoms with Crippen molar-refractivity contribution in [3.8, 4) is 11.5 Å². The number of nitrogens with zero attached hydrogens (tertiary/aromatic N) is 2. The van der Waals surface area contributed by atoms with E-state index < -0.39 is 6.10 Å². The molecule has 0 saturated carbocycles. The quantitative estimate of drug-likeness (QED) is 0.546. The van der Waals surface area contributed by atoms with Crippen molar-refractivity contribution in [3.63, 3.8) is 0 Å². The Labute approximate surface area is 175 Å². The second-order valence-corrected chi connectivity index (χ2v) is 7.04. The van der Waals surface area contributed by atoms with Crippen LogP contribution in [0.5, 0.6) is 11.5 Å². The van der Waals surface area contributed by atoms with Gasteiger partial charge in [-0.15, -0.1) is 0 Å². The Morgan fingerprint density at radius 2 is 1.83 bits per heavy atom. The monoisotopic (exact) mass is 410 g/mol. The van der Waals surface area contributed by atoms with Gasteiger partial charge < -0.3 is 9.47 Å². The van der Waals surface area contributed by atoms with E-state index in [2.05, 4.69) is 4.98 Å². The predicted octanol–water partition coefficient (Wildman–Crippen LogP) is 5.05. The summed E-state index contributed by atoms with van der Waals surface area (Å²) in [5.74, 6) is 1.74. The zero-order valence-corrected chi connectivity index (χ0v) is 17.4. The van der Waals surface area contributed by atoms with Gasteiger partial charge in [-0.25, -0.2) is 4.98 Å². The standard InChI is InChI=1S/C23H23ClN2O3/c1-16-14-20(11-12-21(16)24)29-17(2)23(27)26(22-6-4-5-13-25-22)15-18-7-9-19(28-3)10-8-18/h4-14,17H,15H2,1-3H3/t17-/m1/s1. The highest BCUT2D eigenvalue weighted by Crippen LogP contribution is 2.23. The summed E-state index contributed by atoms with van der Waals surface area (Å²) >= 11 is 6.07. The molecule has 0 bridgehead atoms. The maximum absolute atomic E-state index is 13.2. The molecule has 5 nitrogen and oxygen atoms in total. The van der Waals surface area contributed by atoms with Crippen LogP contribution in [0, 0.1) is 6.92 Å². The van der Waals surface area contributed by atoms with Crippen molar-refractivity contribution in [2.45, 2.75) is 26.5 Å². The molecule has 3 aromatic rings. The van der Waals surface area contributed by atoms with Gasteiger partial charge in [-0.2, -0.15) is 0 Å². The molecule has 0 spiro atoms. The van der Waals surface area contributed by atoms with Crippen LogP contribution in [0.4, 0.5) is 5.82 Å². The van der Waals surface area contributed by atoms with Gasteiger partial charge in [-0.3, -0.25) is 9.69 Å². The summed E-state index contributed by atoms with van der Waals surface area (Å²) in [5, 5.41) is 0.658. The van der Waals surface area contributed by atoms with E-state index >= 15 is 0 Å². The lowest BCUT2D eigenvalue weighted by Crippen LogP contribution is -2.40. The Bertz CT molecular complexity index is 962. The number of amides is 1. The number of halogens is 1. The van der Waals surface area contributed by atoms with Gasteiger partial charge >= 0.3 is 0 Å². The van der Waals surface area contributed by atoms with Crippen LogP contribution in [-0.2, 0) is 11.3 Å². The number of benzene rings is 2. The van der Waals surface area contributed by atoms with E-state index in [1.165, 1.54) is 0 Å². The molecule has 0 radical (unpaired) electrons. The zero-order chi connectivity index (χ0) is 20.8. The van der Waals surface area contributed by atoms with Crippen molar-refractivity contribution >= 4 is 23.3 Å². The Morgan fingerprint density at radius 1 is 1.10 bits per heavy atom. The number of anilines is 1. The summed E-state index contributed by atoms with van der Waals surface area (Å²) in [6, 6.07) is 18.4. The lowest BCUT2D eigenvalue weighted by Gasteiger charge is -2.25. The molecule has 0 N–H and O–H groups in total. The number of pyridine rings is 1. The molecular formula is C23H23ClN2O3. The Hall–Kier alpha value is -3.05. The van der Waals surface area contributed by atoms with Crippen molar-refractivity contribution in [1.29, 1.82) is 0 Å². The minimum Gasteiger partial charge on any atom is -0.497 e. The van der Waals surface area contributed by atoms with Crippen LogP contribution in [0.15, 0.2) is 66.9 Å². The van der Waals surface area contributed by atoms with Gasteiger partial charge in [-0.05, 0) is 67.4 Å². The summed E-state index contributed by atoms with van der Waals surface area (Å²) in [4.78, 5) is 19.2. The largest absolute Gasteiger partial charge is 0.497 e. The summed E-state index contributed by atoms with van der Waals surface area (Å²) in [5.41, 5.74) is 1.85. The molecule has 0 aliphatic rings. The topological polar surface area (TPSA) is 51.7 Å². The van der Waals surface area contributed by atoms with Gasteiger partial charge in [0.1, 0.15) is 17.3 Å². The van der Waals surface area contributed by atoms with Gasteiger partial charge in [0.05, 0.1) is 13.7 Å². The van der Waals surface area contributed by atoms with E-state index in [1.54, 1.807) is 43.3 Å². The van der Waals surface area contributed by atoms with Crippen LogP contribution < -0.4 is 14.4 Å². The van der Waals surface area contributed by atoms with E-state index in [0.29, 0.717) is 23.1 Å². The second-order valence-electron chi connectivity index (χ2n) is 6.63. The third-order valence-electron chi connectivity index (χ3n) is 4.48. The Balaban J connectivity index is 1.82. The smallest absolute Gasteiger partial charge is 0.269 e. The van der Waals surface area contributed by atoms with Crippen LogP contribution in [0.1, 0.15) is 18.1 Å². The highest BCUT2D eigenvalue weighted by Gasteiger charge is 2.25. The maximum atomic E-state index is 13.2. The lowest BCUT2D eigenvalue weighted by atomic mass is 10.2. The predicted molar refractivity (Wildman–Crippen MR) is 115 cm³/mol. The van der Waals surface area contributed by atoms with E-state index in [-0.39, 0.29) is 5.91 Å². The number of carbonyl (C=O) groups excluding carboxylic acids is 1. The number of aryl methyl sites for hydroxylation is 1. The Morgan fingerprint density at radius 3 is 2.45 bits per heavy atom. The SMILES string of the molecule is COc1ccc(CN(C(=O)[C@@H](C)Oc2ccc(Cl)c(C)c2)c2ccccn2)cc1. The zero-order valence-electron chi connectivity index (χ0n) is 16.6. The van der Waals surface area contributed by atoms with Crippen molar-refractivity contribution in [2.75, 3.05) is 12.0 Å². The number of ether oxygens (including phenoxy) is 2. The molecule has 150 valence electrons.